The Bertz CT molecular complexity index is 347. The number of rotatable bonds is 6. The summed E-state index contributed by atoms with van der Waals surface area (Å²) in [5.41, 5.74) is 6.28. The Balaban J connectivity index is 2.66. The predicted molar refractivity (Wildman–Crippen MR) is 72.5 cm³/mol. The lowest BCUT2D eigenvalue weighted by atomic mass is 9.97. The molecule has 0 spiro atoms. The third-order valence-electron chi connectivity index (χ3n) is 3.12. The molecule has 0 aliphatic rings. The molecule has 1 aromatic rings. The molecule has 0 fully saturated rings. The van der Waals surface area contributed by atoms with E-state index in [0.717, 1.165) is 23.7 Å². The van der Waals surface area contributed by atoms with Gasteiger partial charge < -0.3 is 0 Å². The second-order valence-corrected chi connectivity index (χ2v) is 5.17. The summed E-state index contributed by atoms with van der Waals surface area (Å²) in [7, 11) is 0. The van der Waals surface area contributed by atoms with Crippen molar-refractivity contribution in [2.45, 2.75) is 53.0 Å². The van der Waals surface area contributed by atoms with Gasteiger partial charge in [-0.05, 0) is 37.8 Å². The highest BCUT2D eigenvalue weighted by molar-refractivity contribution is 5.24. The number of pyridine rings is 1. The molecule has 0 aromatic carbocycles. The summed E-state index contributed by atoms with van der Waals surface area (Å²) in [5, 5.41) is 0. The maximum atomic E-state index is 5.65. The van der Waals surface area contributed by atoms with Crippen LogP contribution in [0.3, 0.4) is 0 Å². The molecular weight excluding hydrogens is 210 g/mol. The van der Waals surface area contributed by atoms with Gasteiger partial charge in [0.2, 0.25) is 0 Å². The van der Waals surface area contributed by atoms with E-state index >= 15 is 0 Å². The molecule has 0 radical (unpaired) electrons. The fourth-order valence-corrected chi connectivity index (χ4v) is 2.12. The van der Waals surface area contributed by atoms with Gasteiger partial charge in [0.1, 0.15) is 0 Å². The zero-order chi connectivity index (χ0) is 12.8. The van der Waals surface area contributed by atoms with Crippen LogP contribution in [0, 0.1) is 19.8 Å². The second kappa shape index (κ2) is 6.72. The van der Waals surface area contributed by atoms with E-state index in [4.69, 9.17) is 5.84 Å². The van der Waals surface area contributed by atoms with Crippen molar-refractivity contribution in [2.24, 2.45) is 11.8 Å². The number of hydrogen-bond acceptors (Lipinski definition) is 3. The Labute approximate surface area is 105 Å². The largest absolute Gasteiger partial charge is 0.271 e. The number of hydrogen-bond donors (Lipinski definition) is 2. The van der Waals surface area contributed by atoms with Crippen LogP contribution in [-0.2, 0) is 0 Å². The normalized spacial score (nSPS) is 13.1. The highest BCUT2D eigenvalue weighted by Gasteiger charge is 2.12. The molecule has 0 saturated carbocycles. The quantitative estimate of drug-likeness (QED) is 0.588. The maximum absolute atomic E-state index is 5.65. The van der Waals surface area contributed by atoms with Crippen LogP contribution in [0.15, 0.2) is 12.1 Å². The Kier molecular flexibility index (Phi) is 5.59. The molecule has 0 amide bonds. The van der Waals surface area contributed by atoms with Gasteiger partial charge in [-0.25, -0.2) is 0 Å². The summed E-state index contributed by atoms with van der Waals surface area (Å²) >= 11 is 0. The van der Waals surface area contributed by atoms with E-state index < -0.39 is 0 Å². The topological polar surface area (TPSA) is 50.9 Å². The molecule has 1 rings (SSSR count). The lowest BCUT2D eigenvalue weighted by Crippen LogP contribution is -2.28. The van der Waals surface area contributed by atoms with Crippen molar-refractivity contribution in [1.29, 1.82) is 0 Å². The first-order valence-corrected chi connectivity index (χ1v) is 6.45. The van der Waals surface area contributed by atoms with Crippen molar-refractivity contribution in [3.63, 3.8) is 0 Å². The van der Waals surface area contributed by atoms with Gasteiger partial charge in [0.25, 0.3) is 0 Å². The number of aryl methyl sites for hydroxylation is 2. The third-order valence-corrected chi connectivity index (χ3v) is 3.12. The number of nitrogens with two attached hydrogens (primary N) is 1. The number of aromatic nitrogens is 1. The molecule has 17 heavy (non-hydrogen) atoms. The monoisotopic (exact) mass is 235 g/mol. The average molecular weight is 235 g/mol. The van der Waals surface area contributed by atoms with Crippen LogP contribution >= 0.6 is 0 Å². The molecule has 1 unspecified atom stereocenters. The summed E-state index contributed by atoms with van der Waals surface area (Å²) in [6.45, 7) is 8.57. The van der Waals surface area contributed by atoms with E-state index in [9.17, 15) is 0 Å². The molecule has 0 aliphatic carbocycles. The van der Waals surface area contributed by atoms with Crippen LogP contribution in [-0.4, -0.2) is 4.98 Å². The van der Waals surface area contributed by atoms with E-state index in [1.54, 1.807) is 0 Å². The maximum Gasteiger partial charge on any atom is 0.0477 e. The van der Waals surface area contributed by atoms with Crippen molar-refractivity contribution in [3.05, 3.63) is 29.1 Å². The lowest BCUT2D eigenvalue weighted by Gasteiger charge is -2.18. The zero-order valence-corrected chi connectivity index (χ0v) is 11.5. The minimum atomic E-state index is 0.224. The lowest BCUT2D eigenvalue weighted by molar-refractivity contribution is 0.453. The van der Waals surface area contributed by atoms with Crippen molar-refractivity contribution in [3.8, 4) is 0 Å². The van der Waals surface area contributed by atoms with E-state index in [2.05, 4.69) is 43.3 Å². The SMILES string of the molecule is Cc1ccc(C(CCCC(C)C)NN)c(C)n1. The first-order valence-electron chi connectivity index (χ1n) is 6.45. The highest BCUT2D eigenvalue weighted by Crippen LogP contribution is 2.22. The Morgan fingerprint density at radius 3 is 2.47 bits per heavy atom. The molecule has 1 aromatic heterocycles. The van der Waals surface area contributed by atoms with Gasteiger partial charge in [-0.15, -0.1) is 0 Å². The number of nitrogens with zero attached hydrogens (tertiary/aromatic N) is 1. The molecule has 3 N–H and O–H groups in total. The molecule has 3 heteroatoms. The van der Waals surface area contributed by atoms with Crippen LogP contribution in [0.4, 0.5) is 0 Å². The van der Waals surface area contributed by atoms with Gasteiger partial charge >= 0.3 is 0 Å². The van der Waals surface area contributed by atoms with Gasteiger partial charge in [0.05, 0.1) is 0 Å². The first kappa shape index (κ1) is 14.1. The van der Waals surface area contributed by atoms with Crippen molar-refractivity contribution >= 4 is 0 Å². The highest BCUT2D eigenvalue weighted by atomic mass is 15.2. The average Bonchev–Trinajstić information content (AvgIpc) is 2.25. The van der Waals surface area contributed by atoms with Crippen molar-refractivity contribution in [1.82, 2.24) is 10.4 Å². The summed E-state index contributed by atoms with van der Waals surface area (Å²) in [6.07, 6.45) is 3.51. The van der Waals surface area contributed by atoms with Gasteiger partial charge in [0.15, 0.2) is 0 Å². The summed E-state index contributed by atoms with van der Waals surface area (Å²) in [4.78, 5) is 4.49. The predicted octanol–water partition coefficient (Wildman–Crippen LogP) is 3.03. The van der Waals surface area contributed by atoms with Crippen LogP contribution < -0.4 is 11.3 Å². The van der Waals surface area contributed by atoms with Gasteiger partial charge in [0, 0.05) is 17.4 Å². The minimum Gasteiger partial charge on any atom is -0.271 e. The van der Waals surface area contributed by atoms with E-state index in [0.29, 0.717) is 0 Å². The van der Waals surface area contributed by atoms with Gasteiger partial charge in [-0.1, -0.05) is 32.8 Å². The third kappa shape index (κ3) is 4.44. The fraction of sp³-hybridized carbons (Fsp3) is 0.643. The van der Waals surface area contributed by atoms with E-state index in [1.165, 1.54) is 18.4 Å². The molecule has 3 nitrogen and oxygen atoms in total. The zero-order valence-electron chi connectivity index (χ0n) is 11.5. The van der Waals surface area contributed by atoms with Crippen molar-refractivity contribution in [2.75, 3.05) is 0 Å². The molecule has 0 bridgehead atoms. The Morgan fingerprint density at radius 1 is 1.24 bits per heavy atom. The first-order chi connectivity index (χ1) is 8.04. The smallest absolute Gasteiger partial charge is 0.0477 e. The van der Waals surface area contributed by atoms with Crippen LogP contribution in [0.25, 0.3) is 0 Å². The summed E-state index contributed by atoms with van der Waals surface area (Å²) in [5.74, 6) is 6.41. The minimum absolute atomic E-state index is 0.224. The summed E-state index contributed by atoms with van der Waals surface area (Å²) in [6, 6.07) is 4.41. The molecular formula is C14H25N3. The van der Waals surface area contributed by atoms with Crippen LogP contribution in [0.5, 0.6) is 0 Å². The van der Waals surface area contributed by atoms with Crippen LogP contribution in [0.2, 0.25) is 0 Å². The molecule has 0 aliphatic heterocycles. The Hall–Kier alpha value is -0.930. The molecule has 0 saturated heterocycles. The van der Waals surface area contributed by atoms with E-state index in [-0.39, 0.29) is 6.04 Å². The van der Waals surface area contributed by atoms with E-state index in [1.807, 2.05) is 6.92 Å². The van der Waals surface area contributed by atoms with Gasteiger partial charge in [-0.3, -0.25) is 16.3 Å². The fourth-order valence-electron chi connectivity index (χ4n) is 2.12. The van der Waals surface area contributed by atoms with Crippen molar-refractivity contribution < 1.29 is 0 Å². The van der Waals surface area contributed by atoms with Gasteiger partial charge in [-0.2, -0.15) is 0 Å². The molecule has 1 heterocycles. The summed E-state index contributed by atoms with van der Waals surface area (Å²) < 4.78 is 0. The second-order valence-electron chi connectivity index (χ2n) is 5.17. The van der Waals surface area contributed by atoms with Crippen LogP contribution in [0.1, 0.15) is 56.1 Å². The number of hydrazine groups is 1. The molecule has 1 atom stereocenters. The molecule has 96 valence electrons. The number of nitrogens with one attached hydrogen (secondary N) is 1. The Morgan fingerprint density at radius 2 is 1.94 bits per heavy atom. The standard InChI is InChI=1S/C14H25N3/c1-10(2)6-5-7-14(17-15)13-9-8-11(3)16-12(13)4/h8-10,14,17H,5-7,15H2,1-4H3.